The van der Waals surface area contributed by atoms with E-state index >= 15 is 0 Å². The molecule has 8 heteroatoms. The summed E-state index contributed by atoms with van der Waals surface area (Å²) in [4.78, 5) is 35.2. The van der Waals surface area contributed by atoms with Gasteiger partial charge < -0.3 is 9.84 Å². The molecule has 3 aromatic rings. The molecular formula is C20H21N3O5. The number of fused-ring (bicyclic) bond motifs is 1. The van der Waals surface area contributed by atoms with Gasteiger partial charge in [0.05, 0.1) is 5.52 Å². The zero-order valence-corrected chi connectivity index (χ0v) is 15.9. The zero-order chi connectivity index (χ0) is 20.5. The van der Waals surface area contributed by atoms with Crippen molar-refractivity contribution in [2.24, 2.45) is 0 Å². The Morgan fingerprint density at radius 3 is 2.57 bits per heavy atom. The van der Waals surface area contributed by atoms with E-state index in [0.29, 0.717) is 13.0 Å². The highest BCUT2D eigenvalue weighted by molar-refractivity contribution is 5.92. The molecule has 0 bridgehead atoms. The van der Waals surface area contributed by atoms with E-state index < -0.39 is 28.8 Å². The molecule has 3 rings (SSSR count). The lowest BCUT2D eigenvalue weighted by Gasteiger charge is -2.19. The van der Waals surface area contributed by atoms with Gasteiger partial charge in [0.1, 0.15) is 5.60 Å². The highest BCUT2D eigenvalue weighted by atomic mass is 16.6. The van der Waals surface area contributed by atoms with Crippen molar-refractivity contribution < 1.29 is 19.4 Å². The van der Waals surface area contributed by atoms with Crippen molar-refractivity contribution in [3.8, 4) is 0 Å². The van der Waals surface area contributed by atoms with Crippen LogP contribution in [0.25, 0.3) is 10.9 Å². The maximum atomic E-state index is 12.5. The molecule has 146 valence electrons. The van der Waals surface area contributed by atoms with E-state index in [4.69, 9.17) is 9.84 Å². The van der Waals surface area contributed by atoms with Crippen LogP contribution in [0.1, 0.15) is 36.8 Å². The van der Waals surface area contributed by atoms with Crippen molar-refractivity contribution >= 4 is 23.0 Å². The summed E-state index contributed by atoms with van der Waals surface area (Å²) in [6.07, 6.45) is 3.19. The lowest BCUT2D eigenvalue weighted by atomic mass is 10.1. The Morgan fingerprint density at radius 1 is 1.18 bits per heavy atom. The molecule has 8 nitrogen and oxygen atoms in total. The van der Waals surface area contributed by atoms with Crippen LogP contribution in [0.3, 0.4) is 0 Å². The van der Waals surface area contributed by atoms with Crippen molar-refractivity contribution in [2.75, 3.05) is 0 Å². The Morgan fingerprint density at radius 2 is 1.89 bits per heavy atom. The quantitative estimate of drug-likeness (QED) is 0.743. The van der Waals surface area contributed by atoms with Crippen LogP contribution >= 0.6 is 0 Å². The standard InChI is InChI=1S/C20H21N3O5/c1-20(2,3)28-19(27)23-12-13(14-6-4-5-7-15(14)23)8-10-22-11-9-16(24)17(21-22)18(25)26/h4-7,9,11-12H,8,10H2,1-3H3,(H,25,26). The molecule has 0 saturated heterocycles. The topological polar surface area (TPSA) is 103 Å². The summed E-state index contributed by atoms with van der Waals surface area (Å²) in [6.45, 7) is 5.77. The minimum absolute atomic E-state index is 0.350. The molecule has 2 aromatic heterocycles. The van der Waals surface area contributed by atoms with Crippen LogP contribution < -0.4 is 5.43 Å². The second kappa shape index (κ2) is 7.30. The predicted molar refractivity (Wildman–Crippen MR) is 103 cm³/mol. The first-order chi connectivity index (χ1) is 13.2. The average Bonchev–Trinajstić information content (AvgIpc) is 2.98. The molecule has 2 heterocycles. The van der Waals surface area contributed by atoms with Crippen molar-refractivity contribution in [3.63, 3.8) is 0 Å². The summed E-state index contributed by atoms with van der Waals surface area (Å²) in [5.74, 6) is -1.36. The third-order valence-corrected chi connectivity index (χ3v) is 4.06. The number of nitrogens with zero attached hydrogens (tertiary/aromatic N) is 3. The molecule has 1 aromatic carbocycles. The molecule has 0 fully saturated rings. The van der Waals surface area contributed by atoms with Crippen LogP contribution in [0, 0.1) is 0 Å². The molecule has 0 saturated carbocycles. The highest BCUT2D eigenvalue weighted by Gasteiger charge is 2.20. The van der Waals surface area contributed by atoms with Crippen molar-refractivity contribution in [1.82, 2.24) is 14.3 Å². The van der Waals surface area contributed by atoms with Crippen LogP contribution in [0.4, 0.5) is 4.79 Å². The van der Waals surface area contributed by atoms with Gasteiger partial charge in [-0.25, -0.2) is 9.59 Å². The molecule has 0 aliphatic rings. The second-order valence-corrected chi connectivity index (χ2v) is 7.37. The van der Waals surface area contributed by atoms with E-state index in [1.165, 1.54) is 21.5 Å². The first kappa shape index (κ1) is 19.3. The smallest absolute Gasteiger partial charge is 0.419 e. The second-order valence-electron chi connectivity index (χ2n) is 7.37. The fourth-order valence-corrected chi connectivity index (χ4v) is 2.86. The average molecular weight is 383 g/mol. The van der Waals surface area contributed by atoms with Gasteiger partial charge in [-0.05, 0) is 38.8 Å². The van der Waals surface area contributed by atoms with Crippen LogP contribution in [0.5, 0.6) is 0 Å². The van der Waals surface area contributed by atoms with Gasteiger partial charge in [-0.3, -0.25) is 14.0 Å². The summed E-state index contributed by atoms with van der Waals surface area (Å²) in [5, 5.41) is 13.8. The van der Waals surface area contributed by atoms with Crippen LogP contribution in [-0.4, -0.2) is 37.1 Å². The largest absolute Gasteiger partial charge is 0.476 e. The third kappa shape index (κ3) is 4.11. The van der Waals surface area contributed by atoms with Gasteiger partial charge in [0, 0.05) is 30.4 Å². The number of ether oxygens (including phenoxy) is 1. The summed E-state index contributed by atoms with van der Waals surface area (Å²) < 4.78 is 8.35. The molecule has 28 heavy (non-hydrogen) atoms. The number of carbonyl (C=O) groups excluding carboxylic acids is 1. The van der Waals surface area contributed by atoms with Gasteiger partial charge in [0.15, 0.2) is 0 Å². The van der Waals surface area contributed by atoms with Crippen molar-refractivity contribution in [2.45, 2.75) is 39.3 Å². The monoisotopic (exact) mass is 383 g/mol. The van der Waals surface area contributed by atoms with Crippen molar-refractivity contribution in [1.29, 1.82) is 0 Å². The van der Waals surface area contributed by atoms with E-state index in [1.807, 2.05) is 24.3 Å². The van der Waals surface area contributed by atoms with E-state index in [0.717, 1.165) is 16.5 Å². The number of aryl methyl sites for hydroxylation is 2. The predicted octanol–water partition coefficient (Wildman–Crippen LogP) is 2.92. The fraction of sp³-hybridized carbons (Fsp3) is 0.300. The number of benzene rings is 1. The van der Waals surface area contributed by atoms with Gasteiger partial charge in [-0.1, -0.05) is 18.2 Å². The molecule has 0 spiro atoms. The molecule has 0 radical (unpaired) electrons. The molecule has 0 unspecified atom stereocenters. The van der Waals surface area contributed by atoms with Crippen LogP contribution in [0.15, 0.2) is 47.5 Å². The number of para-hydroxylation sites is 1. The third-order valence-electron chi connectivity index (χ3n) is 4.06. The molecule has 0 aliphatic carbocycles. The minimum Gasteiger partial charge on any atom is -0.476 e. The summed E-state index contributed by atoms with van der Waals surface area (Å²) >= 11 is 0. The number of aromatic carboxylic acids is 1. The van der Waals surface area contributed by atoms with Crippen LogP contribution in [0.2, 0.25) is 0 Å². The van der Waals surface area contributed by atoms with E-state index in [1.54, 1.807) is 27.0 Å². The number of hydrogen-bond donors (Lipinski definition) is 1. The Labute approximate surface area is 161 Å². The van der Waals surface area contributed by atoms with Gasteiger partial charge in [-0.2, -0.15) is 5.10 Å². The van der Waals surface area contributed by atoms with Gasteiger partial charge >= 0.3 is 12.1 Å². The summed E-state index contributed by atoms with van der Waals surface area (Å²) in [7, 11) is 0. The maximum absolute atomic E-state index is 12.5. The number of carboxylic acid groups (broad SMARTS) is 1. The highest BCUT2D eigenvalue weighted by Crippen LogP contribution is 2.23. The normalized spacial score (nSPS) is 11.5. The first-order valence-electron chi connectivity index (χ1n) is 8.79. The molecule has 1 N–H and O–H groups in total. The lowest BCUT2D eigenvalue weighted by molar-refractivity contribution is 0.0543. The van der Waals surface area contributed by atoms with Gasteiger partial charge in [-0.15, -0.1) is 0 Å². The molecule has 0 aliphatic heterocycles. The van der Waals surface area contributed by atoms with Crippen LogP contribution in [-0.2, 0) is 17.7 Å². The zero-order valence-electron chi connectivity index (χ0n) is 15.9. The molecule has 0 atom stereocenters. The number of carboxylic acids is 1. The molecule has 0 amide bonds. The lowest BCUT2D eigenvalue weighted by Crippen LogP contribution is -2.26. The van der Waals surface area contributed by atoms with Gasteiger partial charge in [0.25, 0.3) is 0 Å². The van der Waals surface area contributed by atoms with Gasteiger partial charge in [0.2, 0.25) is 11.1 Å². The van der Waals surface area contributed by atoms with Crippen molar-refractivity contribution in [3.05, 3.63) is 64.2 Å². The summed E-state index contributed by atoms with van der Waals surface area (Å²) in [5.41, 5.74) is -0.149. The fourth-order valence-electron chi connectivity index (χ4n) is 2.86. The summed E-state index contributed by atoms with van der Waals surface area (Å²) in [6, 6.07) is 8.65. The van der Waals surface area contributed by atoms with E-state index in [-0.39, 0.29) is 0 Å². The Balaban J connectivity index is 1.90. The number of aromatic nitrogens is 3. The van der Waals surface area contributed by atoms with E-state index in [2.05, 4.69) is 5.10 Å². The first-order valence-corrected chi connectivity index (χ1v) is 8.79. The number of hydrogen-bond acceptors (Lipinski definition) is 5. The SMILES string of the molecule is CC(C)(C)OC(=O)n1cc(CCn2ccc(=O)c(C(=O)O)n2)c2ccccc21. The minimum atomic E-state index is -1.36. The maximum Gasteiger partial charge on any atom is 0.419 e. The Bertz CT molecular complexity index is 1100. The Hall–Kier alpha value is -3.42. The number of carbonyl (C=O) groups is 2. The van der Waals surface area contributed by atoms with E-state index in [9.17, 15) is 14.4 Å². The number of rotatable bonds is 4. The Kier molecular flexibility index (Phi) is 5.04. The molecular weight excluding hydrogens is 362 g/mol.